The second-order valence-corrected chi connectivity index (χ2v) is 12.4. The number of nitrogens with zero attached hydrogens (tertiary/aromatic N) is 2. The summed E-state index contributed by atoms with van der Waals surface area (Å²) in [4.78, 5) is 17.5. The first-order valence-electron chi connectivity index (χ1n) is 17.5. The van der Waals surface area contributed by atoms with Crippen LogP contribution in [-0.2, 0) is 23.7 Å². The van der Waals surface area contributed by atoms with Crippen LogP contribution >= 0.6 is 11.6 Å². The van der Waals surface area contributed by atoms with Crippen LogP contribution < -0.4 is 14.8 Å². The van der Waals surface area contributed by atoms with E-state index in [0.29, 0.717) is 44.5 Å². The molecule has 1 fully saturated rings. The number of amides is 1. The molecule has 1 aliphatic heterocycles. The lowest BCUT2D eigenvalue weighted by atomic mass is 9.96. The van der Waals surface area contributed by atoms with Crippen LogP contribution in [0.3, 0.4) is 0 Å². The molecule has 1 saturated heterocycles. The van der Waals surface area contributed by atoms with Crippen molar-refractivity contribution in [3.8, 4) is 11.5 Å². The summed E-state index contributed by atoms with van der Waals surface area (Å²) in [6.45, 7) is 7.62. The minimum Gasteiger partial charge on any atom is -0.464 e. The number of benzene rings is 3. The van der Waals surface area contributed by atoms with Gasteiger partial charge >= 0.3 is 0 Å². The second-order valence-electron chi connectivity index (χ2n) is 12.0. The van der Waals surface area contributed by atoms with E-state index in [0.717, 1.165) is 56.2 Å². The predicted molar refractivity (Wildman–Crippen MR) is 201 cm³/mol. The van der Waals surface area contributed by atoms with Gasteiger partial charge in [0, 0.05) is 58.0 Å². The molecule has 1 unspecified atom stereocenters. The van der Waals surface area contributed by atoms with Crippen molar-refractivity contribution in [2.45, 2.75) is 18.9 Å². The first-order valence-corrected chi connectivity index (χ1v) is 17.9. The number of nitrogens with one attached hydrogen (secondary N) is 1. The third kappa shape index (κ3) is 14.8. The van der Waals surface area contributed by atoms with Crippen molar-refractivity contribution in [2.75, 3.05) is 93.5 Å². The number of halogens is 1. The summed E-state index contributed by atoms with van der Waals surface area (Å²) in [6, 6.07) is 24.7. The fourth-order valence-electron chi connectivity index (χ4n) is 5.65. The average Bonchev–Trinajstić information content (AvgIpc) is 3.15. The Hall–Kier alpha value is -3.74. The molecule has 10 nitrogen and oxygen atoms in total. The minimum atomic E-state index is -0.114. The Morgan fingerprint density at radius 3 is 2.14 bits per heavy atom. The Balaban J connectivity index is 1.15. The fourth-order valence-corrected chi connectivity index (χ4v) is 5.78. The van der Waals surface area contributed by atoms with E-state index in [4.69, 9.17) is 40.0 Å². The molecule has 1 N–H and O–H groups in total. The van der Waals surface area contributed by atoms with E-state index >= 15 is 0 Å². The van der Waals surface area contributed by atoms with E-state index in [1.807, 2.05) is 42.5 Å². The van der Waals surface area contributed by atoms with Crippen LogP contribution in [0.4, 0.5) is 0 Å². The average molecular weight is 722 g/mol. The van der Waals surface area contributed by atoms with Gasteiger partial charge in [-0.3, -0.25) is 9.69 Å². The highest BCUT2D eigenvalue weighted by Gasteiger charge is 2.26. The number of carbonyl (C=O) groups is 1. The largest absolute Gasteiger partial charge is 0.464 e. The van der Waals surface area contributed by atoms with Crippen LogP contribution in [0.5, 0.6) is 11.5 Å². The highest BCUT2D eigenvalue weighted by atomic mass is 35.5. The third-order valence-electron chi connectivity index (χ3n) is 8.35. The van der Waals surface area contributed by atoms with Crippen molar-refractivity contribution in [3.05, 3.63) is 113 Å². The number of ether oxygens (including phenoxy) is 6. The molecule has 1 amide bonds. The minimum absolute atomic E-state index is 0.0500. The van der Waals surface area contributed by atoms with E-state index < -0.39 is 0 Å². The van der Waals surface area contributed by atoms with Gasteiger partial charge in [0.05, 0.1) is 32.5 Å². The predicted octanol–water partition coefficient (Wildman–Crippen LogP) is 6.21. The zero-order valence-electron chi connectivity index (χ0n) is 29.8. The summed E-state index contributed by atoms with van der Waals surface area (Å²) in [6.07, 6.45) is 8.93. The molecule has 1 heterocycles. The number of hydrogen-bond acceptors (Lipinski definition) is 9. The number of unbranched alkanes of at least 4 members (excludes halogenated alkanes) is 1. The van der Waals surface area contributed by atoms with E-state index in [1.165, 1.54) is 17.2 Å². The first-order chi connectivity index (χ1) is 25.1. The zero-order chi connectivity index (χ0) is 35.9. The molecule has 3 aromatic rings. The molecular weight excluding hydrogens is 670 g/mol. The SMILES string of the molecule is COCCOCOc1ccc(C=CC=CC(=O)NCCCCN2CCN(C(c3ccccc3)c3ccc(Cl)cc3)CC2)cc1OCOCCOC. The van der Waals surface area contributed by atoms with Gasteiger partial charge in [0.2, 0.25) is 5.91 Å². The molecule has 11 heteroatoms. The smallest absolute Gasteiger partial charge is 0.243 e. The molecule has 0 saturated carbocycles. The molecule has 51 heavy (non-hydrogen) atoms. The number of carbonyl (C=O) groups excluding carboxylic acids is 1. The Morgan fingerprint density at radius 1 is 0.784 bits per heavy atom. The van der Waals surface area contributed by atoms with Crippen molar-refractivity contribution in [2.24, 2.45) is 0 Å². The van der Waals surface area contributed by atoms with E-state index in [-0.39, 0.29) is 25.5 Å². The molecule has 0 bridgehead atoms. The van der Waals surface area contributed by atoms with E-state index in [9.17, 15) is 4.79 Å². The number of rotatable bonds is 23. The summed E-state index contributed by atoms with van der Waals surface area (Å²) < 4.78 is 32.4. The van der Waals surface area contributed by atoms with Gasteiger partial charge in [-0.25, -0.2) is 0 Å². The van der Waals surface area contributed by atoms with Crippen LogP contribution in [0.1, 0.15) is 35.6 Å². The zero-order valence-corrected chi connectivity index (χ0v) is 30.6. The van der Waals surface area contributed by atoms with Gasteiger partial charge in [-0.2, -0.15) is 0 Å². The van der Waals surface area contributed by atoms with Crippen molar-refractivity contribution >= 4 is 23.6 Å². The second kappa shape index (κ2) is 23.7. The molecule has 0 radical (unpaired) electrons. The van der Waals surface area contributed by atoms with Crippen LogP contribution in [0.15, 0.2) is 91.0 Å². The summed E-state index contributed by atoms with van der Waals surface area (Å²) in [7, 11) is 3.23. The number of piperazine rings is 1. The van der Waals surface area contributed by atoms with Crippen LogP contribution in [0, 0.1) is 0 Å². The lowest BCUT2D eigenvalue weighted by Crippen LogP contribution is -2.48. The van der Waals surface area contributed by atoms with Crippen molar-refractivity contribution < 1.29 is 33.2 Å². The number of methoxy groups -OCH3 is 2. The summed E-state index contributed by atoms with van der Waals surface area (Å²) in [5, 5.41) is 3.75. The maximum atomic E-state index is 12.4. The van der Waals surface area contributed by atoms with Crippen molar-refractivity contribution in [1.82, 2.24) is 15.1 Å². The topological polar surface area (TPSA) is 91.0 Å². The molecule has 3 aromatic carbocycles. The van der Waals surface area contributed by atoms with Crippen LogP contribution in [0.25, 0.3) is 6.08 Å². The van der Waals surface area contributed by atoms with Crippen molar-refractivity contribution in [3.63, 3.8) is 0 Å². The van der Waals surface area contributed by atoms with Gasteiger partial charge in [-0.05, 0) is 60.3 Å². The maximum absolute atomic E-state index is 12.4. The highest BCUT2D eigenvalue weighted by Crippen LogP contribution is 2.31. The highest BCUT2D eigenvalue weighted by molar-refractivity contribution is 6.30. The fraction of sp³-hybridized carbons (Fsp3) is 0.425. The normalized spacial score (nSPS) is 14.6. The van der Waals surface area contributed by atoms with E-state index in [2.05, 4.69) is 57.6 Å². The maximum Gasteiger partial charge on any atom is 0.243 e. The molecule has 0 spiro atoms. The van der Waals surface area contributed by atoms with Gasteiger partial charge in [0.1, 0.15) is 0 Å². The van der Waals surface area contributed by atoms with E-state index in [1.54, 1.807) is 20.3 Å². The lowest BCUT2D eigenvalue weighted by molar-refractivity contribution is -0.116. The Bertz CT molecular complexity index is 1460. The molecule has 1 aliphatic rings. The Labute approximate surface area is 307 Å². The van der Waals surface area contributed by atoms with Crippen LogP contribution in [0.2, 0.25) is 5.02 Å². The molecule has 276 valence electrons. The molecule has 0 aliphatic carbocycles. The standard InChI is InChI=1S/C40H52ClN3O7/c1-46-26-28-48-31-50-37-19-14-33(30-38(37)51-32-49-29-27-47-2)10-6-7-13-39(45)42-20-8-9-21-43-22-24-44(25-23-43)40(34-11-4-3-5-12-34)35-15-17-36(41)18-16-35/h3-7,10-19,30,40H,8-9,20-29,31-32H2,1-2H3,(H,42,45). The van der Waals surface area contributed by atoms with Gasteiger partial charge in [-0.15, -0.1) is 0 Å². The molecule has 0 aromatic heterocycles. The number of allylic oxidation sites excluding steroid dienone is 2. The van der Waals surface area contributed by atoms with Crippen molar-refractivity contribution in [1.29, 1.82) is 0 Å². The van der Waals surface area contributed by atoms with Gasteiger partial charge in [0.25, 0.3) is 0 Å². The monoisotopic (exact) mass is 721 g/mol. The Kier molecular flexibility index (Phi) is 18.6. The third-order valence-corrected chi connectivity index (χ3v) is 8.60. The van der Waals surface area contributed by atoms with Gasteiger partial charge in [0.15, 0.2) is 25.1 Å². The quantitative estimate of drug-likeness (QED) is 0.0531. The van der Waals surface area contributed by atoms with Crippen LogP contribution in [-0.4, -0.2) is 109 Å². The summed E-state index contributed by atoms with van der Waals surface area (Å²) in [5.74, 6) is 0.933. The van der Waals surface area contributed by atoms with Gasteiger partial charge < -0.3 is 38.6 Å². The number of hydrogen-bond donors (Lipinski definition) is 1. The molecular formula is C40H52ClN3O7. The van der Waals surface area contributed by atoms with Gasteiger partial charge in [-0.1, -0.05) is 78.4 Å². The summed E-state index contributed by atoms with van der Waals surface area (Å²) in [5.41, 5.74) is 3.44. The summed E-state index contributed by atoms with van der Waals surface area (Å²) >= 11 is 6.19. The Morgan fingerprint density at radius 2 is 1.45 bits per heavy atom. The molecule has 4 rings (SSSR count). The molecule has 1 atom stereocenters. The first kappa shape index (κ1) is 40.0. The lowest BCUT2D eigenvalue weighted by Gasteiger charge is -2.40.